The molecule has 0 bridgehead atoms. The van der Waals surface area contributed by atoms with Gasteiger partial charge in [0.25, 0.3) is 0 Å². The van der Waals surface area contributed by atoms with Crippen molar-refractivity contribution in [2.75, 3.05) is 27.3 Å². The number of aliphatic carboxylic acids is 1. The molecule has 18 heavy (non-hydrogen) atoms. The molecular formula is C12H22N2O4. The van der Waals surface area contributed by atoms with Gasteiger partial charge < -0.3 is 20.1 Å². The number of likely N-dealkylation sites (N-methyl/N-ethyl adjacent to an activating group) is 1. The van der Waals surface area contributed by atoms with Gasteiger partial charge in [-0.05, 0) is 12.8 Å². The van der Waals surface area contributed by atoms with Gasteiger partial charge in [0.2, 0.25) is 0 Å². The number of nitrogens with one attached hydrogen (secondary N) is 1. The summed E-state index contributed by atoms with van der Waals surface area (Å²) in [5, 5.41) is 11.9. The number of hydrogen-bond donors (Lipinski definition) is 2. The van der Waals surface area contributed by atoms with Crippen LogP contribution in [-0.2, 0) is 9.53 Å². The highest BCUT2D eigenvalue weighted by Crippen LogP contribution is 2.24. The summed E-state index contributed by atoms with van der Waals surface area (Å²) in [5.74, 6) is -1.28. The van der Waals surface area contributed by atoms with Gasteiger partial charge in [0.15, 0.2) is 0 Å². The summed E-state index contributed by atoms with van der Waals surface area (Å²) in [6.07, 6.45) is 3.27. The van der Waals surface area contributed by atoms with Crippen LogP contribution < -0.4 is 5.32 Å². The summed E-state index contributed by atoms with van der Waals surface area (Å²) < 4.78 is 4.90. The summed E-state index contributed by atoms with van der Waals surface area (Å²) in [6, 6.07) is -0.487. The zero-order chi connectivity index (χ0) is 13.5. The molecule has 0 aliphatic heterocycles. The van der Waals surface area contributed by atoms with E-state index in [4.69, 9.17) is 9.84 Å². The number of carboxylic acids is 1. The lowest BCUT2D eigenvalue weighted by molar-refractivity contribution is -0.143. The van der Waals surface area contributed by atoms with E-state index in [1.54, 1.807) is 14.2 Å². The topological polar surface area (TPSA) is 78.9 Å². The van der Waals surface area contributed by atoms with Crippen LogP contribution in [0.4, 0.5) is 4.79 Å². The van der Waals surface area contributed by atoms with Crippen LogP contribution in [0.5, 0.6) is 0 Å². The monoisotopic (exact) mass is 258 g/mol. The van der Waals surface area contributed by atoms with E-state index in [-0.39, 0.29) is 12.1 Å². The Labute approximate surface area is 107 Å². The van der Waals surface area contributed by atoms with Crippen LogP contribution in [0.3, 0.4) is 0 Å². The standard InChI is InChI=1S/C12H22N2O4/c1-14(7-8-18-2)12(17)13-10-6-4-3-5-9(10)11(15)16/h9-10H,3-8H2,1-2H3,(H,13,17)(H,15,16). The summed E-state index contributed by atoms with van der Waals surface area (Å²) >= 11 is 0. The van der Waals surface area contributed by atoms with Crippen molar-refractivity contribution in [3.63, 3.8) is 0 Å². The number of amides is 2. The summed E-state index contributed by atoms with van der Waals surface area (Å²) in [6.45, 7) is 0.962. The Morgan fingerprint density at radius 3 is 2.67 bits per heavy atom. The molecule has 0 heterocycles. The number of rotatable bonds is 5. The third kappa shape index (κ3) is 4.18. The van der Waals surface area contributed by atoms with Crippen molar-refractivity contribution in [3.8, 4) is 0 Å². The van der Waals surface area contributed by atoms with E-state index >= 15 is 0 Å². The third-order valence-electron chi connectivity index (χ3n) is 3.37. The van der Waals surface area contributed by atoms with Gasteiger partial charge in [0, 0.05) is 26.7 Å². The first-order valence-electron chi connectivity index (χ1n) is 6.29. The molecule has 0 aromatic carbocycles. The molecule has 1 aliphatic carbocycles. The molecule has 6 nitrogen and oxygen atoms in total. The zero-order valence-electron chi connectivity index (χ0n) is 11.0. The number of ether oxygens (including phenoxy) is 1. The second-order valence-corrected chi connectivity index (χ2v) is 4.70. The minimum absolute atomic E-state index is 0.231. The average Bonchev–Trinajstić information content (AvgIpc) is 2.36. The van der Waals surface area contributed by atoms with Gasteiger partial charge >= 0.3 is 12.0 Å². The van der Waals surface area contributed by atoms with E-state index in [1.165, 1.54) is 4.90 Å². The van der Waals surface area contributed by atoms with Gasteiger partial charge in [-0.3, -0.25) is 4.79 Å². The Morgan fingerprint density at radius 2 is 2.06 bits per heavy atom. The Bertz CT molecular complexity index is 296. The molecule has 6 heteroatoms. The predicted molar refractivity (Wildman–Crippen MR) is 66.4 cm³/mol. The highest BCUT2D eigenvalue weighted by molar-refractivity contribution is 5.76. The number of urea groups is 1. The number of carbonyl (C=O) groups excluding carboxylic acids is 1. The second kappa shape index (κ2) is 7.20. The van der Waals surface area contributed by atoms with Crippen molar-refractivity contribution in [2.45, 2.75) is 31.7 Å². The van der Waals surface area contributed by atoms with E-state index in [1.807, 2.05) is 0 Å². The molecule has 0 saturated heterocycles. The maximum atomic E-state index is 11.9. The number of methoxy groups -OCH3 is 1. The Morgan fingerprint density at radius 1 is 1.39 bits per heavy atom. The summed E-state index contributed by atoms with van der Waals surface area (Å²) in [7, 11) is 3.25. The first-order valence-corrected chi connectivity index (χ1v) is 6.29. The molecule has 1 aliphatic rings. The average molecular weight is 258 g/mol. The SMILES string of the molecule is COCCN(C)C(=O)NC1CCCCC1C(=O)O. The maximum Gasteiger partial charge on any atom is 0.317 e. The van der Waals surface area contributed by atoms with Gasteiger partial charge in [-0.15, -0.1) is 0 Å². The molecule has 2 N–H and O–H groups in total. The van der Waals surface area contributed by atoms with Crippen molar-refractivity contribution in [1.82, 2.24) is 10.2 Å². The first kappa shape index (κ1) is 14.8. The maximum absolute atomic E-state index is 11.9. The van der Waals surface area contributed by atoms with Crippen molar-refractivity contribution in [2.24, 2.45) is 5.92 Å². The highest BCUT2D eigenvalue weighted by Gasteiger charge is 2.32. The fourth-order valence-electron chi connectivity index (χ4n) is 2.20. The molecule has 1 rings (SSSR count). The molecule has 1 fully saturated rings. The van der Waals surface area contributed by atoms with Gasteiger partial charge in [-0.1, -0.05) is 12.8 Å². The highest BCUT2D eigenvalue weighted by atomic mass is 16.5. The van der Waals surface area contributed by atoms with E-state index in [0.29, 0.717) is 19.6 Å². The molecule has 104 valence electrons. The molecule has 0 spiro atoms. The quantitative estimate of drug-likeness (QED) is 0.768. The van der Waals surface area contributed by atoms with Crippen LogP contribution in [0, 0.1) is 5.92 Å². The molecule has 2 amide bonds. The molecule has 0 aromatic heterocycles. The van der Waals surface area contributed by atoms with Crippen LogP contribution >= 0.6 is 0 Å². The normalized spacial score (nSPS) is 23.4. The lowest BCUT2D eigenvalue weighted by Crippen LogP contribution is -2.49. The van der Waals surface area contributed by atoms with E-state index in [2.05, 4.69) is 5.32 Å². The molecule has 1 saturated carbocycles. The third-order valence-corrected chi connectivity index (χ3v) is 3.37. The molecule has 2 atom stereocenters. The Balaban J connectivity index is 2.48. The first-order chi connectivity index (χ1) is 8.56. The number of hydrogen-bond acceptors (Lipinski definition) is 3. The molecule has 2 unspecified atom stereocenters. The van der Waals surface area contributed by atoms with Crippen molar-refractivity contribution < 1.29 is 19.4 Å². The number of nitrogens with zero attached hydrogens (tertiary/aromatic N) is 1. The van der Waals surface area contributed by atoms with E-state index < -0.39 is 11.9 Å². The minimum atomic E-state index is -0.820. The van der Waals surface area contributed by atoms with Crippen LogP contribution in [0.1, 0.15) is 25.7 Å². The van der Waals surface area contributed by atoms with Gasteiger partial charge in [-0.2, -0.15) is 0 Å². The van der Waals surface area contributed by atoms with Crippen LogP contribution in [0.2, 0.25) is 0 Å². The van der Waals surface area contributed by atoms with Crippen molar-refractivity contribution >= 4 is 12.0 Å². The van der Waals surface area contributed by atoms with Crippen molar-refractivity contribution in [3.05, 3.63) is 0 Å². The smallest absolute Gasteiger partial charge is 0.317 e. The number of carbonyl (C=O) groups is 2. The summed E-state index contributed by atoms with van der Waals surface area (Å²) in [5.41, 5.74) is 0. The Kier molecular flexibility index (Phi) is 5.91. The fourth-order valence-corrected chi connectivity index (χ4v) is 2.20. The zero-order valence-corrected chi connectivity index (χ0v) is 11.0. The second-order valence-electron chi connectivity index (χ2n) is 4.70. The lowest BCUT2D eigenvalue weighted by atomic mass is 9.84. The lowest BCUT2D eigenvalue weighted by Gasteiger charge is -2.30. The van der Waals surface area contributed by atoms with Crippen LogP contribution in [0.25, 0.3) is 0 Å². The Hall–Kier alpha value is -1.30. The molecule has 0 radical (unpaired) electrons. The molecule has 0 aromatic rings. The number of carboxylic acid groups (broad SMARTS) is 1. The fraction of sp³-hybridized carbons (Fsp3) is 0.833. The largest absolute Gasteiger partial charge is 0.481 e. The van der Waals surface area contributed by atoms with Gasteiger partial charge in [0.05, 0.1) is 12.5 Å². The molecular weight excluding hydrogens is 236 g/mol. The van der Waals surface area contributed by atoms with E-state index in [0.717, 1.165) is 19.3 Å². The predicted octanol–water partition coefficient (Wildman–Crippen LogP) is 0.918. The van der Waals surface area contributed by atoms with Gasteiger partial charge in [-0.25, -0.2) is 4.79 Å². The van der Waals surface area contributed by atoms with Crippen LogP contribution in [0.15, 0.2) is 0 Å². The van der Waals surface area contributed by atoms with E-state index in [9.17, 15) is 9.59 Å². The van der Waals surface area contributed by atoms with Gasteiger partial charge in [0.1, 0.15) is 0 Å². The minimum Gasteiger partial charge on any atom is -0.481 e. The van der Waals surface area contributed by atoms with Crippen molar-refractivity contribution in [1.29, 1.82) is 0 Å². The van der Waals surface area contributed by atoms with Crippen LogP contribution in [-0.4, -0.2) is 55.4 Å². The summed E-state index contributed by atoms with van der Waals surface area (Å²) in [4.78, 5) is 24.5.